The molecule has 0 fully saturated rings. The fourth-order valence-corrected chi connectivity index (χ4v) is 1.54. The highest BCUT2D eigenvalue weighted by atomic mass is 19.1. The maximum atomic E-state index is 13.0. The highest BCUT2D eigenvalue weighted by molar-refractivity contribution is 5.97. The van der Waals surface area contributed by atoms with Crippen molar-refractivity contribution in [2.75, 3.05) is 13.2 Å². The average molecular weight is 238 g/mol. The molecule has 0 unspecified atom stereocenters. The monoisotopic (exact) mass is 238 g/mol. The molecule has 0 amide bonds. The van der Waals surface area contributed by atoms with Gasteiger partial charge in [-0.2, -0.15) is 0 Å². The molecule has 0 bridgehead atoms. The van der Waals surface area contributed by atoms with E-state index in [4.69, 9.17) is 4.74 Å². The minimum atomic E-state index is -0.370. The van der Waals surface area contributed by atoms with Gasteiger partial charge in [0, 0.05) is 18.6 Å². The van der Waals surface area contributed by atoms with Crippen LogP contribution in [0, 0.1) is 12.7 Å². The van der Waals surface area contributed by atoms with Crippen molar-refractivity contribution in [3.8, 4) is 0 Å². The minimum Gasteiger partial charge on any atom is -0.381 e. The first-order valence-electron chi connectivity index (χ1n) is 6.02. The molecule has 3 heteroatoms. The van der Waals surface area contributed by atoms with Crippen LogP contribution < -0.4 is 0 Å². The fraction of sp³-hybridized carbons (Fsp3) is 0.500. The molecule has 0 aliphatic carbocycles. The van der Waals surface area contributed by atoms with Gasteiger partial charge in [-0.25, -0.2) is 4.39 Å². The van der Waals surface area contributed by atoms with Crippen LogP contribution in [0.3, 0.4) is 0 Å². The third kappa shape index (κ3) is 4.65. The lowest BCUT2D eigenvalue weighted by atomic mass is 10.0. The largest absolute Gasteiger partial charge is 0.381 e. The molecule has 0 aliphatic heterocycles. The van der Waals surface area contributed by atoms with Crippen molar-refractivity contribution >= 4 is 5.78 Å². The number of halogens is 1. The number of hydrogen-bond donors (Lipinski definition) is 0. The maximum Gasteiger partial charge on any atom is 0.165 e. The molecule has 0 radical (unpaired) electrons. The van der Waals surface area contributed by atoms with E-state index < -0.39 is 0 Å². The van der Waals surface area contributed by atoms with E-state index in [1.165, 1.54) is 12.1 Å². The third-order valence-corrected chi connectivity index (χ3v) is 2.62. The van der Waals surface area contributed by atoms with Crippen LogP contribution >= 0.6 is 0 Å². The molecule has 0 heterocycles. The Hall–Kier alpha value is -1.22. The Morgan fingerprint density at radius 3 is 2.82 bits per heavy atom. The summed E-state index contributed by atoms with van der Waals surface area (Å²) in [6, 6.07) is 4.29. The normalized spacial score (nSPS) is 10.5. The van der Waals surface area contributed by atoms with Crippen LogP contribution in [0.1, 0.15) is 42.1 Å². The van der Waals surface area contributed by atoms with Crippen LogP contribution in [0.2, 0.25) is 0 Å². The first-order valence-corrected chi connectivity index (χ1v) is 6.02. The molecule has 1 aromatic rings. The van der Waals surface area contributed by atoms with E-state index in [1.807, 2.05) is 6.92 Å². The quantitative estimate of drug-likeness (QED) is 0.536. The molecule has 2 nitrogen and oxygen atoms in total. The predicted octanol–water partition coefficient (Wildman–Crippen LogP) is 3.52. The van der Waals surface area contributed by atoms with Gasteiger partial charge in [-0.05, 0) is 31.0 Å². The Balaban J connectivity index is 2.44. The van der Waals surface area contributed by atoms with Crippen LogP contribution in [0.15, 0.2) is 18.2 Å². The number of rotatable bonds is 7. The van der Waals surface area contributed by atoms with Gasteiger partial charge in [-0.1, -0.05) is 19.4 Å². The van der Waals surface area contributed by atoms with Gasteiger partial charge in [0.15, 0.2) is 5.78 Å². The summed E-state index contributed by atoms with van der Waals surface area (Å²) in [5.41, 5.74) is 1.27. The molecule has 0 saturated carbocycles. The zero-order valence-electron chi connectivity index (χ0n) is 10.5. The fourth-order valence-electron chi connectivity index (χ4n) is 1.54. The number of Topliss-reactive ketones (excluding diaryl/α,β-unsaturated/α-hetero) is 1. The van der Waals surface area contributed by atoms with Crippen molar-refractivity contribution in [3.63, 3.8) is 0 Å². The maximum absolute atomic E-state index is 13.0. The van der Waals surface area contributed by atoms with Gasteiger partial charge in [-0.15, -0.1) is 0 Å². The molecule has 1 rings (SSSR count). The van der Waals surface area contributed by atoms with Crippen LogP contribution in [-0.4, -0.2) is 19.0 Å². The highest BCUT2D eigenvalue weighted by Crippen LogP contribution is 2.12. The first-order chi connectivity index (χ1) is 8.15. The number of aryl methyl sites for hydroxylation is 1. The van der Waals surface area contributed by atoms with Crippen molar-refractivity contribution < 1.29 is 13.9 Å². The molecule has 0 N–H and O–H groups in total. The number of carbonyl (C=O) groups is 1. The second-order valence-electron chi connectivity index (χ2n) is 4.10. The van der Waals surface area contributed by atoms with Crippen molar-refractivity contribution in [1.29, 1.82) is 0 Å². The van der Waals surface area contributed by atoms with Crippen LogP contribution in [0.4, 0.5) is 4.39 Å². The van der Waals surface area contributed by atoms with E-state index >= 15 is 0 Å². The van der Waals surface area contributed by atoms with Gasteiger partial charge in [0.1, 0.15) is 5.82 Å². The number of unbranched alkanes of at least 4 members (excludes halogenated alkanes) is 1. The molecule has 94 valence electrons. The van der Waals surface area contributed by atoms with E-state index in [-0.39, 0.29) is 11.6 Å². The van der Waals surface area contributed by atoms with E-state index in [1.54, 1.807) is 6.07 Å². The van der Waals surface area contributed by atoms with E-state index in [0.717, 1.165) is 18.4 Å². The van der Waals surface area contributed by atoms with Crippen molar-refractivity contribution in [2.45, 2.75) is 33.1 Å². The first kappa shape index (κ1) is 13.8. The summed E-state index contributed by atoms with van der Waals surface area (Å²) >= 11 is 0. The molecular formula is C14H19FO2. The Kier molecular flexibility index (Phi) is 5.84. The Morgan fingerprint density at radius 1 is 1.35 bits per heavy atom. The van der Waals surface area contributed by atoms with E-state index in [9.17, 15) is 9.18 Å². The Morgan fingerprint density at radius 2 is 2.12 bits per heavy atom. The number of hydrogen-bond acceptors (Lipinski definition) is 2. The summed E-state index contributed by atoms with van der Waals surface area (Å²) in [4.78, 5) is 11.8. The lowest BCUT2D eigenvalue weighted by molar-refractivity contribution is 0.0872. The number of benzene rings is 1. The van der Waals surface area contributed by atoms with Crippen molar-refractivity contribution in [1.82, 2.24) is 0 Å². The second-order valence-corrected chi connectivity index (χ2v) is 4.10. The highest BCUT2D eigenvalue weighted by Gasteiger charge is 2.09. The topological polar surface area (TPSA) is 26.3 Å². The summed E-state index contributed by atoms with van der Waals surface area (Å²) in [6.45, 7) is 5.00. The molecule has 0 atom stereocenters. The minimum absolute atomic E-state index is 0.0569. The lowest BCUT2D eigenvalue weighted by Crippen LogP contribution is -2.07. The molecule has 0 aromatic heterocycles. The van der Waals surface area contributed by atoms with Gasteiger partial charge in [-0.3, -0.25) is 4.79 Å². The zero-order chi connectivity index (χ0) is 12.7. The number of ether oxygens (including phenoxy) is 1. The zero-order valence-corrected chi connectivity index (χ0v) is 10.5. The van der Waals surface area contributed by atoms with Crippen molar-refractivity contribution in [2.24, 2.45) is 0 Å². The standard InChI is InChI=1S/C14H19FO2/c1-3-4-8-17-9-7-14(16)13-10-12(15)6-5-11(13)2/h5-6,10H,3-4,7-9H2,1-2H3. The second kappa shape index (κ2) is 7.17. The molecule has 0 spiro atoms. The molecule has 0 saturated heterocycles. The Labute approximate surface area is 102 Å². The van der Waals surface area contributed by atoms with Gasteiger partial charge in [0.05, 0.1) is 6.61 Å². The SMILES string of the molecule is CCCCOCCC(=O)c1cc(F)ccc1C. The van der Waals surface area contributed by atoms with E-state index in [2.05, 4.69) is 6.92 Å². The smallest absolute Gasteiger partial charge is 0.165 e. The number of carbonyl (C=O) groups excluding carboxylic acids is 1. The molecule has 1 aromatic carbocycles. The summed E-state index contributed by atoms with van der Waals surface area (Å²) in [7, 11) is 0. The molecule has 0 aliphatic rings. The van der Waals surface area contributed by atoms with Gasteiger partial charge in [0.2, 0.25) is 0 Å². The van der Waals surface area contributed by atoms with E-state index in [0.29, 0.717) is 25.2 Å². The Bertz CT molecular complexity index is 374. The summed E-state index contributed by atoms with van der Waals surface area (Å²) in [6.07, 6.45) is 2.40. The molecular weight excluding hydrogens is 219 g/mol. The summed E-state index contributed by atoms with van der Waals surface area (Å²) in [5.74, 6) is -0.427. The van der Waals surface area contributed by atoms with Crippen LogP contribution in [0.5, 0.6) is 0 Å². The lowest BCUT2D eigenvalue weighted by Gasteiger charge is -2.06. The molecule has 17 heavy (non-hydrogen) atoms. The van der Waals surface area contributed by atoms with Crippen LogP contribution in [0.25, 0.3) is 0 Å². The average Bonchev–Trinajstić information content (AvgIpc) is 2.32. The van der Waals surface area contributed by atoms with Gasteiger partial charge in [0.25, 0.3) is 0 Å². The summed E-state index contributed by atoms with van der Waals surface area (Å²) < 4.78 is 18.3. The van der Waals surface area contributed by atoms with Gasteiger partial charge >= 0.3 is 0 Å². The van der Waals surface area contributed by atoms with Crippen LogP contribution in [-0.2, 0) is 4.74 Å². The summed E-state index contributed by atoms with van der Waals surface area (Å²) in [5, 5.41) is 0. The third-order valence-electron chi connectivity index (χ3n) is 2.62. The number of ketones is 1. The van der Waals surface area contributed by atoms with Gasteiger partial charge < -0.3 is 4.74 Å². The predicted molar refractivity (Wildman–Crippen MR) is 65.8 cm³/mol. The van der Waals surface area contributed by atoms with Crippen molar-refractivity contribution in [3.05, 3.63) is 35.1 Å².